The van der Waals surface area contributed by atoms with Crippen molar-refractivity contribution in [3.8, 4) is 5.75 Å². The first-order chi connectivity index (χ1) is 10.2. The summed E-state index contributed by atoms with van der Waals surface area (Å²) in [6, 6.07) is 15.0. The maximum absolute atomic E-state index is 12.4. The second-order valence-electron chi connectivity index (χ2n) is 4.71. The van der Waals surface area contributed by atoms with Gasteiger partial charge in [0.2, 0.25) is 0 Å². The summed E-state index contributed by atoms with van der Waals surface area (Å²) in [5, 5.41) is 0. The van der Waals surface area contributed by atoms with Crippen LogP contribution in [-0.2, 0) is 11.3 Å². The van der Waals surface area contributed by atoms with E-state index in [9.17, 15) is 4.79 Å². The number of hydrogen-bond donors (Lipinski definition) is 0. The van der Waals surface area contributed by atoms with Crippen molar-refractivity contribution < 1.29 is 14.3 Å². The third-order valence-electron chi connectivity index (χ3n) is 3.48. The van der Waals surface area contributed by atoms with Crippen molar-refractivity contribution in [2.75, 3.05) is 12.0 Å². The second-order valence-corrected chi connectivity index (χ2v) is 4.71. The molecule has 0 bridgehead atoms. The van der Waals surface area contributed by atoms with Gasteiger partial charge in [-0.1, -0.05) is 30.3 Å². The zero-order valence-electron chi connectivity index (χ0n) is 11.5. The molecule has 1 heterocycles. The van der Waals surface area contributed by atoms with E-state index in [1.165, 1.54) is 0 Å². The lowest BCUT2D eigenvalue weighted by atomic mass is 10.1. The largest absolute Gasteiger partial charge is 0.497 e. The average Bonchev–Trinajstić information content (AvgIpc) is 2.79. The number of anilines is 1. The van der Waals surface area contributed by atoms with E-state index in [1.54, 1.807) is 30.2 Å². The van der Waals surface area contributed by atoms with Gasteiger partial charge in [0.25, 0.3) is 0 Å². The number of hydrogen-bond acceptors (Lipinski definition) is 2. The van der Waals surface area contributed by atoms with Gasteiger partial charge in [-0.3, -0.25) is 9.69 Å². The number of carbonyl (C=O) groups is 1. The van der Waals surface area contributed by atoms with Crippen LogP contribution in [0.4, 0.5) is 5.69 Å². The van der Waals surface area contributed by atoms with Crippen LogP contribution in [0.15, 0.2) is 48.5 Å². The maximum Gasteiger partial charge on any atom is 0.389 e. The lowest BCUT2D eigenvalue weighted by Gasteiger charge is -2.16. The molecule has 0 aliphatic carbocycles. The number of fused-ring (bicyclic) bond motifs is 1. The van der Waals surface area contributed by atoms with Gasteiger partial charge in [-0.05, 0) is 23.8 Å². The van der Waals surface area contributed by atoms with Crippen molar-refractivity contribution in [3.63, 3.8) is 0 Å². The monoisotopic (exact) mass is 279 g/mol. The highest BCUT2D eigenvalue weighted by Crippen LogP contribution is 2.32. The summed E-state index contributed by atoms with van der Waals surface area (Å²) in [7, 11) is 1.55. The van der Waals surface area contributed by atoms with Crippen LogP contribution in [0.25, 0.3) is 5.53 Å². The Hall–Kier alpha value is -2.91. The van der Waals surface area contributed by atoms with E-state index in [1.807, 2.05) is 30.3 Å². The van der Waals surface area contributed by atoms with Crippen LogP contribution in [0.5, 0.6) is 5.75 Å². The summed E-state index contributed by atoms with van der Waals surface area (Å²) < 4.78 is 5.15. The van der Waals surface area contributed by atoms with Crippen LogP contribution in [0.1, 0.15) is 11.1 Å². The summed E-state index contributed by atoms with van der Waals surface area (Å²) in [5.41, 5.74) is 11.5. The predicted molar refractivity (Wildman–Crippen MR) is 78.4 cm³/mol. The van der Waals surface area contributed by atoms with E-state index in [0.717, 1.165) is 11.3 Å². The molecule has 0 atom stereocenters. The van der Waals surface area contributed by atoms with Gasteiger partial charge in [0.05, 0.1) is 24.9 Å². The highest BCUT2D eigenvalue weighted by atomic mass is 16.5. The number of nitrogens with zero attached hydrogens (tertiary/aromatic N) is 3. The molecule has 5 heteroatoms. The molecule has 1 aliphatic heterocycles. The molecule has 0 fully saturated rings. The molecule has 1 amide bonds. The number of ether oxygens (including phenoxy) is 1. The van der Waals surface area contributed by atoms with E-state index in [2.05, 4.69) is 4.79 Å². The van der Waals surface area contributed by atoms with Gasteiger partial charge >= 0.3 is 11.6 Å². The SMILES string of the molecule is COc1ccc2c(c1)C(=[N+]=[N-])C(=O)N2Cc1ccccc1. The molecule has 5 nitrogen and oxygen atoms in total. The molecule has 3 rings (SSSR count). The fraction of sp³-hybridized carbons (Fsp3) is 0.125. The van der Waals surface area contributed by atoms with Crippen LogP contribution >= 0.6 is 0 Å². The molecule has 2 aromatic carbocycles. The van der Waals surface area contributed by atoms with E-state index >= 15 is 0 Å². The highest BCUT2D eigenvalue weighted by molar-refractivity contribution is 6.52. The summed E-state index contributed by atoms with van der Waals surface area (Å²) in [4.78, 5) is 17.1. The van der Waals surface area contributed by atoms with Crippen molar-refractivity contribution in [2.45, 2.75) is 6.54 Å². The number of rotatable bonds is 3. The number of methoxy groups -OCH3 is 1. The Labute approximate surface area is 122 Å². The van der Waals surface area contributed by atoms with E-state index in [0.29, 0.717) is 17.9 Å². The van der Waals surface area contributed by atoms with Gasteiger partial charge in [0, 0.05) is 0 Å². The summed E-state index contributed by atoms with van der Waals surface area (Å²) in [6.45, 7) is 0.429. The van der Waals surface area contributed by atoms with Gasteiger partial charge in [0.1, 0.15) is 5.75 Å². The van der Waals surface area contributed by atoms with Crippen molar-refractivity contribution in [1.82, 2.24) is 0 Å². The molecular formula is C16H13N3O2. The zero-order chi connectivity index (χ0) is 14.8. The van der Waals surface area contributed by atoms with Crippen molar-refractivity contribution >= 4 is 17.3 Å². The van der Waals surface area contributed by atoms with Crippen LogP contribution in [0.2, 0.25) is 0 Å². The molecule has 21 heavy (non-hydrogen) atoms. The van der Waals surface area contributed by atoms with Gasteiger partial charge in [0.15, 0.2) is 0 Å². The fourth-order valence-corrected chi connectivity index (χ4v) is 2.44. The van der Waals surface area contributed by atoms with Crippen LogP contribution in [-0.4, -0.2) is 23.5 Å². The normalized spacial score (nSPS) is 13.1. The van der Waals surface area contributed by atoms with Gasteiger partial charge < -0.3 is 10.3 Å². The summed E-state index contributed by atoms with van der Waals surface area (Å²) in [6.07, 6.45) is 0. The molecule has 0 aromatic heterocycles. The van der Waals surface area contributed by atoms with Crippen molar-refractivity contribution in [1.29, 1.82) is 0 Å². The number of benzene rings is 2. The standard InChI is InChI=1S/C16H13N3O2/c1-21-12-7-8-14-13(9-12)15(18-17)16(20)19(14)10-11-5-3-2-4-6-11/h2-9H,10H2,1H3. The Kier molecular flexibility index (Phi) is 3.26. The lowest BCUT2D eigenvalue weighted by Crippen LogP contribution is -2.29. The van der Waals surface area contributed by atoms with Crippen molar-refractivity contribution in [3.05, 3.63) is 65.2 Å². The first-order valence-corrected chi connectivity index (χ1v) is 6.51. The fourth-order valence-electron chi connectivity index (χ4n) is 2.44. The predicted octanol–water partition coefficient (Wildman–Crippen LogP) is 2.26. The van der Waals surface area contributed by atoms with E-state index in [-0.39, 0.29) is 11.6 Å². The topological polar surface area (TPSA) is 65.9 Å². The average molecular weight is 279 g/mol. The molecule has 0 saturated carbocycles. The molecule has 1 aliphatic rings. The third-order valence-corrected chi connectivity index (χ3v) is 3.48. The van der Waals surface area contributed by atoms with E-state index < -0.39 is 0 Å². The Morgan fingerprint density at radius 1 is 1.19 bits per heavy atom. The zero-order valence-corrected chi connectivity index (χ0v) is 11.5. The second kappa shape index (κ2) is 5.23. The highest BCUT2D eigenvalue weighted by Gasteiger charge is 2.40. The van der Waals surface area contributed by atoms with E-state index in [4.69, 9.17) is 10.3 Å². The van der Waals surface area contributed by atoms with Crippen molar-refractivity contribution in [2.24, 2.45) is 0 Å². The minimum atomic E-state index is -0.315. The molecular weight excluding hydrogens is 266 g/mol. The quantitative estimate of drug-likeness (QED) is 0.639. The summed E-state index contributed by atoms with van der Waals surface area (Å²) in [5.74, 6) is 0.300. The minimum absolute atomic E-state index is 0.0415. The van der Waals surface area contributed by atoms with Crippen LogP contribution in [0, 0.1) is 0 Å². The number of amides is 1. The Bertz CT molecular complexity index is 749. The smallest absolute Gasteiger partial charge is 0.389 e. The molecule has 0 spiro atoms. The molecule has 0 N–H and O–H groups in total. The Balaban J connectivity index is 2.04. The van der Waals surface area contributed by atoms with Gasteiger partial charge in [-0.2, -0.15) is 4.79 Å². The first-order valence-electron chi connectivity index (χ1n) is 6.51. The van der Waals surface area contributed by atoms with Crippen LogP contribution < -0.4 is 9.64 Å². The Morgan fingerprint density at radius 3 is 2.62 bits per heavy atom. The first kappa shape index (κ1) is 13.1. The maximum atomic E-state index is 12.4. The molecule has 104 valence electrons. The lowest BCUT2D eigenvalue weighted by molar-refractivity contribution is -0.116. The molecule has 2 aromatic rings. The minimum Gasteiger partial charge on any atom is -0.497 e. The molecule has 0 saturated heterocycles. The molecule has 0 unspecified atom stereocenters. The summed E-state index contributed by atoms with van der Waals surface area (Å²) >= 11 is 0. The van der Waals surface area contributed by atoms with Gasteiger partial charge in [-0.15, -0.1) is 0 Å². The number of carbonyl (C=O) groups excluding carboxylic acids is 1. The molecule has 0 radical (unpaired) electrons. The van der Waals surface area contributed by atoms with Crippen LogP contribution in [0.3, 0.4) is 0 Å². The third kappa shape index (κ3) is 2.20. The van der Waals surface area contributed by atoms with Gasteiger partial charge in [-0.25, -0.2) is 0 Å². The Morgan fingerprint density at radius 2 is 1.95 bits per heavy atom.